The summed E-state index contributed by atoms with van der Waals surface area (Å²) < 4.78 is 0. The van der Waals surface area contributed by atoms with E-state index in [4.69, 9.17) is 0 Å². The van der Waals surface area contributed by atoms with Crippen LogP contribution in [0.25, 0.3) is 10.9 Å². The van der Waals surface area contributed by atoms with E-state index in [0.29, 0.717) is 10.9 Å². The smallest absolute Gasteiger partial charge is 0.278 e. The molecule has 0 saturated heterocycles. The number of anilines is 1. The normalized spacial score (nSPS) is 10.7. The van der Waals surface area contributed by atoms with Gasteiger partial charge in [0.25, 0.3) is 5.69 Å². The second kappa shape index (κ2) is 7.53. The van der Waals surface area contributed by atoms with E-state index in [9.17, 15) is 14.9 Å². The Morgan fingerprint density at radius 2 is 1.88 bits per heavy atom. The molecule has 0 saturated carbocycles. The van der Waals surface area contributed by atoms with E-state index < -0.39 is 4.92 Å². The van der Waals surface area contributed by atoms with Gasteiger partial charge in [0.1, 0.15) is 0 Å². The molecule has 0 atom stereocenters. The number of aromatic nitrogens is 1. The molecule has 0 aliphatic heterocycles. The number of rotatable bonds is 5. The number of nitrogens with one attached hydrogen (secondary N) is 1. The summed E-state index contributed by atoms with van der Waals surface area (Å²) in [6.07, 6.45) is 1.59. The molecule has 1 amide bonds. The minimum absolute atomic E-state index is 0.0115. The summed E-state index contributed by atoms with van der Waals surface area (Å²) >= 11 is 1.31. The highest BCUT2D eigenvalue weighted by Crippen LogP contribution is 2.32. The van der Waals surface area contributed by atoms with Crippen LogP contribution in [0, 0.1) is 24.0 Å². The van der Waals surface area contributed by atoms with Gasteiger partial charge in [-0.3, -0.25) is 19.9 Å². The maximum absolute atomic E-state index is 12.3. The van der Waals surface area contributed by atoms with Gasteiger partial charge >= 0.3 is 0 Å². The highest BCUT2D eigenvalue weighted by molar-refractivity contribution is 8.00. The number of carbonyl (C=O) groups is 1. The number of para-hydroxylation sites is 1. The van der Waals surface area contributed by atoms with Crippen molar-refractivity contribution in [2.75, 3.05) is 11.1 Å². The first kappa shape index (κ1) is 17.9. The van der Waals surface area contributed by atoms with Crippen LogP contribution < -0.4 is 5.32 Å². The number of benzene rings is 2. The van der Waals surface area contributed by atoms with Crippen LogP contribution in [0.1, 0.15) is 11.1 Å². The largest absolute Gasteiger partial charge is 0.325 e. The van der Waals surface area contributed by atoms with Gasteiger partial charge in [0, 0.05) is 22.8 Å². The molecule has 0 unspecified atom stereocenters. The molecule has 3 aromatic rings. The van der Waals surface area contributed by atoms with Crippen LogP contribution in [-0.2, 0) is 4.79 Å². The second-order valence-corrected chi connectivity index (χ2v) is 6.86. The van der Waals surface area contributed by atoms with Gasteiger partial charge in [0.15, 0.2) is 0 Å². The molecule has 6 nitrogen and oxygen atoms in total. The van der Waals surface area contributed by atoms with Gasteiger partial charge in [-0.05, 0) is 43.2 Å². The van der Waals surface area contributed by atoms with E-state index in [2.05, 4.69) is 10.3 Å². The summed E-state index contributed by atoms with van der Waals surface area (Å²) in [5, 5.41) is 14.6. The first-order chi connectivity index (χ1) is 12.5. The molecule has 1 aromatic heterocycles. The molecule has 2 aromatic carbocycles. The van der Waals surface area contributed by atoms with E-state index >= 15 is 0 Å². The van der Waals surface area contributed by atoms with E-state index in [-0.39, 0.29) is 17.3 Å². The Morgan fingerprint density at radius 3 is 2.58 bits per heavy atom. The number of fused-ring (bicyclic) bond motifs is 1. The van der Waals surface area contributed by atoms with Crippen molar-refractivity contribution in [2.24, 2.45) is 0 Å². The van der Waals surface area contributed by atoms with Crippen LogP contribution in [-0.4, -0.2) is 21.6 Å². The zero-order chi connectivity index (χ0) is 18.7. The fourth-order valence-corrected chi connectivity index (χ4v) is 3.56. The second-order valence-electron chi connectivity index (χ2n) is 5.84. The Labute approximate surface area is 154 Å². The van der Waals surface area contributed by atoms with E-state index in [1.807, 2.05) is 32.0 Å². The summed E-state index contributed by atoms with van der Waals surface area (Å²) in [4.78, 5) is 28.1. The van der Waals surface area contributed by atoms with Crippen molar-refractivity contribution < 1.29 is 9.72 Å². The first-order valence-electron chi connectivity index (χ1n) is 7.98. The lowest BCUT2D eigenvalue weighted by atomic mass is 10.1. The van der Waals surface area contributed by atoms with Crippen molar-refractivity contribution in [1.82, 2.24) is 4.98 Å². The Hall–Kier alpha value is -2.93. The molecule has 0 aliphatic rings. The number of pyridine rings is 1. The summed E-state index contributed by atoms with van der Waals surface area (Å²) in [6.45, 7) is 3.90. The number of carbonyl (C=O) groups excluding carboxylic acids is 1. The van der Waals surface area contributed by atoms with E-state index in [1.165, 1.54) is 17.8 Å². The molecule has 3 rings (SSSR count). The molecule has 1 heterocycles. The number of aryl methyl sites for hydroxylation is 2. The molecule has 1 N–H and O–H groups in total. The van der Waals surface area contributed by atoms with Crippen molar-refractivity contribution in [2.45, 2.75) is 18.7 Å². The van der Waals surface area contributed by atoms with Crippen LogP contribution in [0.15, 0.2) is 53.6 Å². The number of nitrogens with zero attached hydrogens (tertiary/aromatic N) is 2. The molecular weight excluding hydrogens is 350 g/mol. The van der Waals surface area contributed by atoms with Crippen molar-refractivity contribution >= 4 is 39.9 Å². The van der Waals surface area contributed by atoms with Crippen molar-refractivity contribution in [3.05, 3.63) is 69.9 Å². The maximum atomic E-state index is 12.3. The molecule has 7 heteroatoms. The number of hydrogen-bond acceptors (Lipinski definition) is 5. The number of thioether (sulfide) groups is 1. The standard InChI is InChI=1S/C19H17N3O3S/c1-12-5-3-6-13(2)18(12)21-17(23)11-26-16-9-8-15(22(24)25)14-7-4-10-20-19(14)16/h3-10H,11H2,1-2H3,(H,21,23). The van der Waals surface area contributed by atoms with Crippen LogP contribution in [0.4, 0.5) is 11.4 Å². The highest BCUT2D eigenvalue weighted by Gasteiger charge is 2.16. The average Bonchev–Trinajstić information content (AvgIpc) is 2.62. The Balaban J connectivity index is 1.79. The number of amides is 1. The van der Waals surface area contributed by atoms with Gasteiger partial charge in [0.05, 0.1) is 21.6 Å². The predicted molar refractivity (Wildman–Crippen MR) is 104 cm³/mol. The fraction of sp³-hybridized carbons (Fsp3) is 0.158. The van der Waals surface area contributed by atoms with Gasteiger partial charge in [-0.1, -0.05) is 18.2 Å². The monoisotopic (exact) mass is 367 g/mol. The Morgan fingerprint density at radius 1 is 1.15 bits per heavy atom. The topological polar surface area (TPSA) is 85.1 Å². The van der Waals surface area contributed by atoms with Crippen LogP contribution in [0.2, 0.25) is 0 Å². The predicted octanol–water partition coefficient (Wildman–Crippen LogP) is 4.49. The molecule has 26 heavy (non-hydrogen) atoms. The van der Waals surface area contributed by atoms with Gasteiger partial charge in [-0.2, -0.15) is 0 Å². The minimum atomic E-state index is -0.424. The third kappa shape index (κ3) is 3.67. The molecule has 0 aliphatic carbocycles. The maximum Gasteiger partial charge on any atom is 0.278 e. The third-order valence-corrected chi connectivity index (χ3v) is 5.06. The Kier molecular flexibility index (Phi) is 5.18. The summed E-state index contributed by atoms with van der Waals surface area (Å²) in [6, 6.07) is 12.3. The number of nitro benzene ring substituents is 1. The zero-order valence-corrected chi connectivity index (χ0v) is 15.2. The molecule has 0 radical (unpaired) electrons. The molecule has 0 fully saturated rings. The molecule has 0 spiro atoms. The minimum Gasteiger partial charge on any atom is -0.325 e. The van der Waals surface area contributed by atoms with Gasteiger partial charge in [-0.25, -0.2) is 0 Å². The summed E-state index contributed by atoms with van der Waals surface area (Å²) in [7, 11) is 0. The van der Waals surface area contributed by atoms with Gasteiger partial charge in [-0.15, -0.1) is 11.8 Å². The summed E-state index contributed by atoms with van der Waals surface area (Å²) in [5.41, 5.74) is 3.38. The van der Waals surface area contributed by atoms with E-state index in [1.54, 1.807) is 24.4 Å². The average molecular weight is 367 g/mol. The lowest BCUT2D eigenvalue weighted by Gasteiger charge is -2.11. The van der Waals surface area contributed by atoms with Gasteiger partial charge < -0.3 is 5.32 Å². The first-order valence-corrected chi connectivity index (χ1v) is 8.97. The molecular formula is C19H17N3O3S. The van der Waals surface area contributed by atoms with Crippen LogP contribution in [0.5, 0.6) is 0 Å². The number of hydrogen-bond donors (Lipinski definition) is 1. The lowest BCUT2D eigenvalue weighted by Crippen LogP contribution is -2.15. The van der Waals surface area contributed by atoms with Crippen molar-refractivity contribution in [1.29, 1.82) is 0 Å². The lowest BCUT2D eigenvalue weighted by molar-refractivity contribution is -0.383. The van der Waals surface area contributed by atoms with E-state index in [0.717, 1.165) is 21.7 Å². The Bertz CT molecular complexity index is 984. The van der Waals surface area contributed by atoms with Crippen LogP contribution >= 0.6 is 11.8 Å². The quantitative estimate of drug-likeness (QED) is 0.408. The van der Waals surface area contributed by atoms with Crippen molar-refractivity contribution in [3.8, 4) is 0 Å². The van der Waals surface area contributed by atoms with Crippen molar-refractivity contribution in [3.63, 3.8) is 0 Å². The fourth-order valence-electron chi connectivity index (χ4n) is 2.74. The van der Waals surface area contributed by atoms with Crippen LogP contribution in [0.3, 0.4) is 0 Å². The zero-order valence-electron chi connectivity index (χ0n) is 14.4. The number of nitro groups is 1. The SMILES string of the molecule is Cc1cccc(C)c1NC(=O)CSc1ccc([N+](=O)[O-])c2cccnc12. The summed E-state index contributed by atoms with van der Waals surface area (Å²) in [5.74, 6) is 0.0619. The highest BCUT2D eigenvalue weighted by atomic mass is 32.2. The number of non-ortho nitro benzene ring substituents is 1. The third-order valence-electron chi connectivity index (χ3n) is 4.01. The van der Waals surface area contributed by atoms with Gasteiger partial charge in [0.2, 0.25) is 5.91 Å². The molecule has 132 valence electrons. The molecule has 0 bridgehead atoms.